The van der Waals surface area contributed by atoms with E-state index < -0.39 is 0 Å². The number of hydrogen-bond acceptors (Lipinski definition) is 4. The molecule has 1 aromatic heterocycles. The lowest BCUT2D eigenvalue weighted by atomic mass is 9.88. The van der Waals surface area contributed by atoms with Crippen LogP contribution in [0, 0.1) is 34.6 Å². The minimum Gasteiger partial charge on any atom is -0.497 e. The van der Waals surface area contributed by atoms with Crippen molar-refractivity contribution in [2.24, 2.45) is 0 Å². The number of carbonyl (C=O) groups excluding carboxylic acids is 1. The molecular weight excluding hydrogens is 378 g/mol. The normalized spacial score (nSPS) is 10.8. The Morgan fingerprint density at radius 1 is 0.867 bits per heavy atom. The summed E-state index contributed by atoms with van der Waals surface area (Å²) < 4.78 is 16.4. The van der Waals surface area contributed by atoms with Gasteiger partial charge < -0.3 is 19.2 Å². The summed E-state index contributed by atoms with van der Waals surface area (Å²) in [5.41, 5.74) is 8.28. The molecule has 3 rings (SSSR count). The number of amides is 1. The van der Waals surface area contributed by atoms with E-state index in [0.717, 1.165) is 5.76 Å². The van der Waals surface area contributed by atoms with E-state index in [1.807, 2.05) is 6.07 Å². The van der Waals surface area contributed by atoms with Gasteiger partial charge in [-0.2, -0.15) is 0 Å². The molecule has 0 atom stereocenters. The van der Waals surface area contributed by atoms with Crippen molar-refractivity contribution in [1.82, 2.24) is 0 Å². The molecule has 0 unspecified atom stereocenters. The molecule has 1 N–H and O–H groups in total. The number of nitrogens with one attached hydrogen (secondary N) is 1. The SMILES string of the molecule is COc1ccc(OC)c(NC(=O)c2ccc(Cc3c(C)c(C)c(C)c(C)c3C)o2)c1. The lowest BCUT2D eigenvalue weighted by molar-refractivity contribution is 0.0994. The number of hydrogen-bond donors (Lipinski definition) is 1. The zero-order valence-corrected chi connectivity index (χ0v) is 18.7. The molecule has 0 aliphatic rings. The number of benzene rings is 2. The van der Waals surface area contributed by atoms with E-state index in [1.165, 1.54) is 33.4 Å². The van der Waals surface area contributed by atoms with Gasteiger partial charge in [0, 0.05) is 12.5 Å². The quantitative estimate of drug-likeness (QED) is 0.571. The van der Waals surface area contributed by atoms with E-state index >= 15 is 0 Å². The fourth-order valence-corrected chi connectivity index (χ4v) is 3.71. The molecule has 1 heterocycles. The van der Waals surface area contributed by atoms with Crippen molar-refractivity contribution in [2.75, 3.05) is 19.5 Å². The molecule has 0 bridgehead atoms. The number of furan rings is 1. The third kappa shape index (κ3) is 4.06. The van der Waals surface area contributed by atoms with Crippen molar-refractivity contribution in [2.45, 2.75) is 41.0 Å². The topological polar surface area (TPSA) is 60.7 Å². The molecule has 0 saturated carbocycles. The molecule has 5 nitrogen and oxygen atoms in total. The first-order chi connectivity index (χ1) is 14.3. The van der Waals surface area contributed by atoms with Gasteiger partial charge in [0.25, 0.3) is 5.91 Å². The summed E-state index contributed by atoms with van der Waals surface area (Å²) in [5.74, 6) is 1.85. The van der Waals surface area contributed by atoms with Crippen LogP contribution in [-0.2, 0) is 6.42 Å². The van der Waals surface area contributed by atoms with E-state index in [2.05, 4.69) is 39.9 Å². The van der Waals surface area contributed by atoms with Crippen molar-refractivity contribution in [3.63, 3.8) is 0 Å². The van der Waals surface area contributed by atoms with E-state index in [-0.39, 0.29) is 11.7 Å². The minimum absolute atomic E-state index is 0.255. The molecule has 0 aliphatic heterocycles. The lowest BCUT2D eigenvalue weighted by Gasteiger charge is -2.18. The predicted octanol–water partition coefficient (Wildman–Crippen LogP) is 5.68. The Hall–Kier alpha value is -3.21. The van der Waals surface area contributed by atoms with Crippen LogP contribution in [0.1, 0.15) is 49.7 Å². The fourth-order valence-electron chi connectivity index (χ4n) is 3.71. The summed E-state index contributed by atoms with van der Waals surface area (Å²) in [5, 5.41) is 2.84. The predicted molar refractivity (Wildman–Crippen MR) is 119 cm³/mol. The maximum Gasteiger partial charge on any atom is 0.291 e. The molecular formula is C25H29NO4. The Morgan fingerprint density at radius 3 is 2.10 bits per heavy atom. The van der Waals surface area contributed by atoms with Gasteiger partial charge in [-0.15, -0.1) is 0 Å². The summed E-state index contributed by atoms with van der Waals surface area (Å²) in [6.07, 6.45) is 0.648. The highest BCUT2D eigenvalue weighted by atomic mass is 16.5. The smallest absolute Gasteiger partial charge is 0.291 e. The van der Waals surface area contributed by atoms with Gasteiger partial charge in [0.05, 0.1) is 19.9 Å². The van der Waals surface area contributed by atoms with Crippen LogP contribution in [0.3, 0.4) is 0 Å². The molecule has 3 aromatic rings. The average Bonchev–Trinajstić information content (AvgIpc) is 3.22. The number of carbonyl (C=O) groups is 1. The summed E-state index contributed by atoms with van der Waals surface area (Å²) in [7, 11) is 3.13. The zero-order chi connectivity index (χ0) is 22.0. The number of rotatable bonds is 6. The Balaban J connectivity index is 1.83. The van der Waals surface area contributed by atoms with Crippen LogP contribution in [0.15, 0.2) is 34.7 Å². The van der Waals surface area contributed by atoms with E-state index in [9.17, 15) is 4.79 Å². The van der Waals surface area contributed by atoms with Crippen LogP contribution >= 0.6 is 0 Å². The monoisotopic (exact) mass is 407 g/mol. The molecule has 1 amide bonds. The molecule has 2 aromatic carbocycles. The molecule has 158 valence electrons. The molecule has 0 radical (unpaired) electrons. The van der Waals surface area contributed by atoms with Crippen molar-refractivity contribution >= 4 is 11.6 Å². The lowest BCUT2D eigenvalue weighted by Crippen LogP contribution is -2.12. The first-order valence-corrected chi connectivity index (χ1v) is 9.94. The molecule has 0 fully saturated rings. The molecule has 0 saturated heterocycles. The van der Waals surface area contributed by atoms with Gasteiger partial charge in [0.15, 0.2) is 5.76 Å². The minimum atomic E-state index is -0.336. The van der Waals surface area contributed by atoms with Crippen LogP contribution in [0.2, 0.25) is 0 Å². The van der Waals surface area contributed by atoms with Crippen LogP contribution in [0.5, 0.6) is 11.5 Å². The van der Waals surface area contributed by atoms with Crippen molar-refractivity contribution in [3.8, 4) is 11.5 Å². The van der Waals surface area contributed by atoms with Crippen LogP contribution in [-0.4, -0.2) is 20.1 Å². The Morgan fingerprint density at radius 2 is 1.50 bits per heavy atom. The van der Waals surface area contributed by atoms with Gasteiger partial charge in [-0.3, -0.25) is 4.79 Å². The highest BCUT2D eigenvalue weighted by molar-refractivity contribution is 6.03. The number of ether oxygens (including phenoxy) is 2. The highest BCUT2D eigenvalue weighted by Crippen LogP contribution is 2.30. The van der Waals surface area contributed by atoms with Gasteiger partial charge in [0.1, 0.15) is 17.3 Å². The van der Waals surface area contributed by atoms with Gasteiger partial charge in [-0.1, -0.05) is 0 Å². The maximum absolute atomic E-state index is 12.7. The number of methoxy groups -OCH3 is 2. The second-order valence-corrected chi connectivity index (χ2v) is 7.57. The highest BCUT2D eigenvalue weighted by Gasteiger charge is 2.17. The Bertz CT molecular complexity index is 1070. The first kappa shape index (κ1) is 21.5. The molecule has 0 aliphatic carbocycles. The van der Waals surface area contributed by atoms with Crippen LogP contribution in [0.25, 0.3) is 0 Å². The van der Waals surface area contributed by atoms with Crippen LogP contribution in [0.4, 0.5) is 5.69 Å². The standard InChI is InChI=1S/C25H29NO4/c1-14-15(2)17(4)21(18(5)16(14)3)12-20-9-11-24(30-20)25(27)26-22-13-19(28-6)8-10-23(22)29-7/h8-11,13H,12H2,1-7H3,(H,26,27). The van der Waals surface area contributed by atoms with Crippen molar-refractivity contribution in [3.05, 3.63) is 75.2 Å². The van der Waals surface area contributed by atoms with Gasteiger partial charge >= 0.3 is 0 Å². The second-order valence-electron chi connectivity index (χ2n) is 7.57. The fraction of sp³-hybridized carbons (Fsp3) is 0.320. The first-order valence-electron chi connectivity index (χ1n) is 9.94. The Labute approximate surface area is 178 Å². The second kappa shape index (κ2) is 8.66. The average molecular weight is 408 g/mol. The third-order valence-corrected chi connectivity index (χ3v) is 6.05. The molecule has 0 spiro atoms. The van der Waals surface area contributed by atoms with Crippen LogP contribution < -0.4 is 14.8 Å². The van der Waals surface area contributed by atoms with Gasteiger partial charge in [0.2, 0.25) is 0 Å². The molecule has 30 heavy (non-hydrogen) atoms. The molecule has 5 heteroatoms. The van der Waals surface area contributed by atoms with E-state index in [0.29, 0.717) is 23.6 Å². The number of anilines is 1. The van der Waals surface area contributed by atoms with E-state index in [4.69, 9.17) is 13.9 Å². The van der Waals surface area contributed by atoms with Gasteiger partial charge in [-0.25, -0.2) is 0 Å². The summed E-state index contributed by atoms with van der Waals surface area (Å²) in [6.45, 7) is 10.8. The van der Waals surface area contributed by atoms with E-state index in [1.54, 1.807) is 38.5 Å². The third-order valence-electron chi connectivity index (χ3n) is 6.05. The van der Waals surface area contributed by atoms with Gasteiger partial charge in [-0.05, 0) is 92.3 Å². The van der Waals surface area contributed by atoms with Crippen molar-refractivity contribution < 1.29 is 18.7 Å². The summed E-state index contributed by atoms with van der Waals surface area (Å²) >= 11 is 0. The summed E-state index contributed by atoms with van der Waals surface area (Å²) in [4.78, 5) is 12.7. The summed E-state index contributed by atoms with van der Waals surface area (Å²) in [6, 6.07) is 8.80. The largest absolute Gasteiger partial charge is 0.497 e. The zero-order valence-electron chi connectivity index (χ0n) is 18.7. The maximum atomic E-state index is 12.7. The Kier molecular flexibility index (Phi) is 6.20. The van der Waals surface area contributed by atoms with Crippen molar-refractivity contribution in [1.29, 1.82) is 0 Å².